The molecule has 0 rings (SSSR count). The van der Waals surface area contributed by atoms with Crippen molar-refractivity contribution in [2.24, 2.45) is 4.99 Å². The molecule has 0 N–H and O–H groups in total. The van der Waals surface area contributed by atoms with Crippen molar-refractivity contribution in [3.8, 4) is 12.3 Å². The molecule has 0 spiro atoms. The molecule has 0 saturated heterocycles. The van der Waals surface area contributed by atoms with Crippen LogP contribution in [0.2, 0.25) is 0 Å². The van der Waals surface area contributed by atoms with Gasteiger partial charge in [0.15, 0.2) is 6.73 Å². The van der Waals surface area contributed by atoms with Gasteiger partial charge in [0.1, 0.15) is 5.60 Å². The second-order valence-electron chi connectivity index (χ2n) is 2.18. The number of nitrogens with zero attached hydrogens (tertiary/aromatic N) is 1. The zero-order valence-corrected chi connectivity index (χ0v) is 6.05. The summed E-state index contributed by atoms with van der Waals surface area (Å²) in [4.78, 5) is 12.7. The van der Waals surface area contributed by atoms with Gasteiger partial charge in [-0.1, -0.05) is 5.92 Å². The molecule has 0 heterocycles. The number of aliphatic imine (C=N–C) groups is 1. The van der Waals surface area contributed by atoms with Gasteiger partial charge in [-0.3, -0.25) is 0 Å². The Morgan fingerprint density at radius 3 is 2.70 bits per heavy atom. The predicted molar refractivity (Wildman–Crippen MR) is 37.0 cm³/mol. The standard InChI is InChI=1S/C7H9NO2/c1-4-7(2,3)10-6-8-5-9/h1H,6H2,2-3H3. The molecule has 0 saturated carbocycles. The lowest BCUT2D eigenvalue weighted by Gasteiger charge is -2.15. The lowest BCUT2D eigenvalue weighted by Crippen LogP contribution is -2.21. The van der Waals surface area contributed by atoms with Crippen LogP contribution in [0.3, 0.4) is 0 Å². The first kappa shape index (κ1) is 8.90. The number of ether oxygens (including phenoxy) is 1. The van der Waals surface area contributed by atoms with Crippen LogP contribution in [0, 0.1) is 12.3 Å². The van der Waals surface area contributed by atoms with E-state index in [1.807, 2.05) is 0 Å². The minimum atomic E-state index is -0.652. The van der Waals surface area contributed by atoms with E-state index in [9.17, 15) is 4.79 Å². The summed E-state index contributed by atoms with van der Waals surface area (Å²) in [5, 5.41) is 0. The third-order valence-corrected chi connectivity index (χ3v) is 0.902. The number of carbonyl (C=O) groups excluding carboxylic acids is 1. The Morgan fingerprint density at radius 2 is 2.30 bits per heavy atom. The van der Waals surface area contributed by atoms with Gasteiger partial charge < -0.3 is 4.74 Å². The molecule has 0 bridgehead atoms. The SMILES string of the molecule is C#CC(C)(C)OCN=C=O. The number of hydrogen-bond donors (Lipinski definition) is 0. The van der Waals surface area contributed by atoms with Gasteiger partial charge in [-0.25, -0.2) is 4.79 Å². The van der Waals surface area contributed by atoms with Crippen LogP contribution in [0.15, 0.2) is 4.99 Å². The molecule has 3 nitrogen and oxygen atoms in total. The van der Waals surface area contributed by atoms with E-state index in [4.69, 9.17) is 11.2 Å². The topological polar surface area (TPSA) is 38.7 Å². The Bertz CT molecular complexity index is 184. The van der Waals surface area contributed by atoms with Crippen LogP contribution < -0.4 is 0 Å². The first-order chi connectivity index (χ1) is 4.62. The molecule has 10 heavy (non-hydrogen) atoms. The first-order valence-corrected chi connectivity index (χ1v) is 2.78. The fraction of sp³-hybridized carbons (Fsp3) is 0.571. The molecule has 0 unspecified atom stereocenters. The summed E-state index contributed by atoms with van der Waals surface area (Å²) in [6, 6.07) is 0. The van der Waals surface area contributed by atoms with Gasteiger partial charge in [0.2, 0.25) is 6.08 Å². The van der Waals surface area contributed by atoms with E-state index in [-0.39, 0.29) is 6.73 Å². The highest BCUT2D eigenvalue weighted by Crippen LogP contribution is 2.05. The summed E-state index contributed by atoms with van der Waals surface area (Å²) >= 11 is 0. The maximum Gasteiger partial charge on any atom is 0.237 e. The van der Waals surface area contributed by atoms with Crippen molar-refractivity contribution < 1.29 is 9.53 Å². The predicted octanol–water partition coefficient (Wildman–Crippen LogP) is 0.708. The molecule has 0 aliphatic rings. The third kappa shape index (κ3) is 3.85. The van der Waals surface area contributed by atoms with Gasteiger partial charge in [0, 0.05) is 0 Å². The fourth-order valence-corrected chi connectivity index (χ4v) is 0.262. The lowest BCUT2D eigenvalue weighted by atomic mass is 10.2. The molecular weight excluding hydrogens is 130 g/mol. The highest BCUT2D eigenvalue weighted by molar-refractivity contribution is 5.32. The molecule has 0 aliphatic heterocycles. The van der Waals surface area contributed by atoms with Crippen LogP contribution in [0.1, 0.15) is 13.8 Å². The maximum absolute atomic E-state index is 9.56. The minimum absolute atomic E-state index is 0.0271. The Labute approximate surface area is 60.1 Å². The average molecular weight is 139 g/mol. The highest BCUT2D eigenvalue weighted by atomic mass is 16.5. The maximum atomic E-state index is 9.56. The van der Waals surface area contributed by atoms with E-state index in [0.29, 0.717) is 0 Å². The van der Waals surface area contributed by atoms with Crippen LogP contribution >= 0.6 is 0 Å². The second-order valence-corrected chi connectivity index (χ2v) is 2.18. The normalized spacial score (nSPS) is 9.70. The van der Waals surface area contributed by atoms with E-state index < -0.39 is 5.60 Å². The summed E-state index contributed by atoms with van der Waals surface area (Å²) in [6.45, 7) is 3.40. The number of terminal acetylenes is 1. The number of hydrogen-bond acceptors (Lipinski definition) is 3. The van der Waals surface area contributed by atoms with Crippen molar-refractivity contribution in [3.05, 3.63) is 0 Å². The van der Waals surface area contributed by atoms with E-state index in [1.165, 1.54) is 6.08 Å². The zero-order chi connectivity index (χ0) is 8.04. The van der Waals surface area contributed by atoms with Crippen molar-refractivity contribution >= 4 is 6.08 Å². The summed E-state index contributed by atoms with van der Waals surface area (Å²) in [7, 11) is 0. The largest absolute Gasteiger partial charge is 0.340 e. The average Bonchev–Trinajstić information content (AvgIpc) is 1.89. The van der Waals surface area contributed by atoms with Gasteiger partial charge in [-0.2, -0.15) is 4.99 Å². The van der Waals surface area contributed by atoms with Crippen LogP contribution in [0.4, 0.5) is 0 Å². The van der Waals surface area contributed by atoms with Crippen molar-refractivity contribution in [1.29, 1.82) is 0 Å². The van der Waals surface area contributed by atoms with Crippen molar-refractivity contribution in [3.63, 3.8) is 0 Å². The highest BCUT2D eigenvalue weighted by Gasteiger charge is 2.12. The quantitative estimate of drug-likeness (QED) is 0.328. The van der Waals surface area contributed by atoms with Crippen LogP contribution in [0.5, 0.6) is 0 Å². The molecule has 0 fully saturated rings. The van der Waals surface area contributed by atoms with Gasteiger partial charge >= 0.3 is 0 Å². The Hall–Kier alpha value is -1.10. The molecule has 54 valence electrons. The summed E-state index contributed by atoms with van der Waals surface area (Å²) in [5.41, 5.74) is -0.652. The smallest absolute Gasteiger partial charge is 0.237 e. The molecular formula is C7H9NO2. The van der Waals surface area contributed by atoms with Gasteiger partial charge in [-0.15, -0.1) is 6.42 Å². The monoisotopic (exact) mass is 139 g/mol. The lowest BCUT2D eigenvalue weighted by molar-refractivity contribution is 0.0326. The van der Waals surface area contributed by atoms with Gasteiger partial charge in [0.05, 0.1) is 0 Å². The summed E-state index contributed by atoms with van der Waals surface area (Å²) in [5.74, 6) is 2.39. The molecule has 3 heteroatoms. The Balaban J connectivity index is 3.70. The molecule has 0 aromatic carbocycles. The molecule has 0 aromatic heterocycles. The molecule has 0 atom stereocenters. The second kappa shape index (κ2) is 3.84. The van der Waals surface area contributed by atoms with E-state index in [0.717, 1.165) is 0 Å². The van der Waals surface area contributed by atoms with E-state index in [2.05, 4.69) is 10.9 Å². The summed E-state index contributed by atoms with van der Waals surface area (Å²) in [6.07, 6.45) is 6.42. The molecule has 0 aromatic rings. The van der Waals surface area contributed by atoms with E-state index >= 15 is 0 Å². The van der Waals surface area contributed by atoms with Gasteiger partial charge in [0.25, 0.3) is 0 Å². The van der Waals surface area contributed by atoms with Crippen LogP contribution in [0.25, 0.3) is 0 Å². The van der Waals surface area contributed by atoms with Crippen LogP contribution in [-0.4, -0.2) is 18.4 Å². The fourth-order valence-electron chi connectivity index (χ4n) is 0.262. The van der Waals surface area contributed by atoms with E-state index in [1.54, 1.807) is 13.8 Å². The molecule has 0 aliphatic carbocycles. The van der Waals surface area contributed by atoms with Crippen molar-refractivity contribution in [2.75, 3.05) is 6.73 Å². The number of isocyanates is 1. The third-order valence-electron chi connectivity index (χ3n) is 0.902. The zero-order valence-electron chi connectivity index (χ0n) is 6.05. The Kier molecular flexibility index (Phi) is 3.42. The van der Waals surface area contributed by atoms with Crippen molar-refractivity contribution in [1.82, 2.24) is 0 Å². The van der Waals surface area contributed by atoms with Crippen molar-refractivity contribution in [2.45, 2.75) is 19.4 Å². The first-order valence-electron chi connectivity index (χ1n) is 2.78. The minimum Gasteiger partial charge on any atom is -0.340 e. The van der Waals surface area contributed by atoms with Crippen LogP contribution in [-0.2, 0) is 9.53 Å². The summed E-state index contributed by atoms with van der Waals surface area (Å²) < 4.78 is 4.95. The van der Waals surface area contributed by atoms with Gasteiger partial charge in [-0.05, 0) is 13.8 Å². The molecule has 0 radical (unpaired) electrons. The number of rotatable bonds is 3. The molecule has 0 amide bonds. The Morgan fingerprint density at radius 1 is 1.70 bits per heavy atom.